The van der Waals surface area contributed by atoms with E-state index in [1.807, 2.05) is 60.7 Å². The van der Waals surface area contributed by atoms with Gasteiger partial charge < -0.3 is 9.80 Å². The number of guanidine groups is 1. The van der Waals surface area contributed by atoms with E-state index in [1.54, 1.807) is 4.90 Å². The molecule has 0 aromatic heterocycles. The Bertz CT molecular complexity index is 1090. The van der Waals surface area contributed by atoms with Crippen molar-refractivity contribution in [1.82, 2.24) is 4.90 Å². The Morgan fingerprint density at radius 3 is 2.00 bits per heavy atom. The van der Waals surface area contributed by atoms with E-state index >= 15 is 0 Å². The molecule has 0 radical (unpaired) electrons. The monoisotopic (exact) mass is 444 g/mol. The number of aliphatic imine (C=N–C) groups is 1. The average Bonchev–Trinajstić information content (AvgIpc) is 3.17. The molecular weight excluding hydrogens is 420 g/mol. The average molecular weight is 445 g/mol. The quantitative estimate of drug-likeness (QED) is 0.595. The Kier molecular flexibility index (Phi) is 5.82. The third-order valence-corrected chi connectivity index (χ3v) is 6.27. The number of carbonyl (C=O) groups excluding carboxylic acids is 1. The lowest BCUT2D eigenvalue weighted by molar-refractivity contribution is -0.118. The molecule has 2 aliphatic rings. The van der Waals surface area contributed by atoms with Crippen LogP contribution in [0.3, 0.4) is 0 Å². The normalized spacial score (nSPS) is 18.8. The summed E-state index contributed by atoms with van der Waals surface area (Å²) in [6, 6.07) is 27.5. The summed E-state index contributed by atoms with van der Waals surface area (Å²) in [5.41, 5.74) is 3.16. The van der Waals surface area contributed by atoms with Gasteiger partial charge in [-0.1, -0.05) is 60.1 Å². The summed E-state index contributed by atoms with van der Waals surface area (Å²) in [5.74, 6) is 0.799. The van der Waals surface area contributed by atoms with Crippen LogP contribution >= 0.6 is 11.6 Å². The van der Waals surface area contributed by atoms with Gasteiger partial charge in [0, 0.05) is 43.3 Å². The van der Waals surface area contributed by atoms with Gasteiger partial charge in [0.05, 0.1) is 5.69 Å². The first-order valence-electron chi connectivity index (χ1n) is 11.0. The second-order valence-corrected chi connectivity index (χ2v) is 8.53. The molecule has 1 atom stereocenters. The Morgan fingerprint density at radius 2 is 1.34 bits per heavy atom. The van der Waals surface area contributed by atoms with Gasteiger partial charge in [0.25, 0.3) is 5.91 Å². The van der Waals surface area contributed by atoms with E-state index in [9.17, 15) is 4.79 Å². The molecule has 1 saturated heterocycles. The van der Waals surface area contributed by atoms with Crippen LogP contribution in [0.15, 0.2) is 89.9 Å². The Morgan fingerprint density at radius 1 is 0.750 bits per heavy atom. The van der Waals surface area contributed by atoms with Crippen LogP contribution in [0.5, 0.6) is 0 Å². The zero-order valence-corrected chi connectivity index (χ0v) is 18.5. The topological polar surface area (TPSA) is 39.2 Å². The van der Waals surface area contributed by atoms with Crippen molar-refractivity contribution in [2.75, 3.05) is 36.0 Å². The van der Waals surface area contributed by atoms with E-state index < -0.39 is 6.04 Å². The number of hydrogen-bond donors (Lipinski definition) is 0. The number of hydrogen-bond acceptors (Lipinski definition) is 4. The molecule has 1 unspecified atom stereocenters. The smallest absolute Gasteiger partial charge is 0.259 e. The van der Waals surface area contributed by atoms with E-state index in [2.05, 4.69) is 34.1 Å². The van der Waals surface area contributed by atoms with Gasteiger partial charge in [-0.05, 0) is 42.0 Å². The van der Waals surface area contributed by atoms with E-state index in [0.29, 0.717) is 6.42 Å². The SMILES string of the molecule is O=C1C(Cc2ccccc2)N=C(N2CCN(c3ccc(Cl)cc3)CC2)N1c1ccccc1. The van der Waals surface area contributed by atoms with Gasteiger partial charge in [0.15, 0.2) is 0 Å². The van der Waals surface area contributed by atoms with Gasteiger partial charge in [-0.25, -0.2) is 9.89 Å². The number of halogens is 1. The number of rotatable bonds is 4. The maximum Gasteiger partial charge on any atom is 0.259 e. The summed E-state index contributed by atoms with van der Waals surface area (Å²) in [6.07, 6.45) is 0.608. The van der Waals surface area contributed by atoms with Crippen LogP contribution in [0.2, 0.25) is 5.02 Å². The van der Waals surface area contributed by atoms with Crippen LogP contribution in [0.4, 0.5) is 11.4 Å². The van der Waals surface area contributed by atoms with Crippen molar-refractivity contribution >= 4 is 34.8 Å². The van der Waals surface area contributed by atoms with Gasteiger partial charge >= 0.3 is 0 Å². The molecule has 3 aromatic carbocycles. The van der Waals surface area contributed by atoms with E-state index in [-0.39, 0.29) is 5.91 Å². The fourth-order valence-corrected chi connectivity index (χ4v) is 4.46. The lowest BCUT2D eigenvalue weighted by Crippen LogP contribution is -2.53. The van der Waals surface area contributed by atoms with Gasteiger partial charge in [-0.3, -0.25) is 4.79 Å². The Hall–Kier alpha value is -3.31. The van der Waals surface area contributed by atoms with E-state index in [0.717, 1.165) is 48.4 Å². The minimum Gasteiger partial charge on any atom is -0.368 e. The highest BCUT2D eigenvalue weighted by atomic mass is 35.5. The summed E-state index contributed by atoms with van der Waals surface area (Å²) in [5, 5.41) is 0.745. The first-order valence-corrected chi connectivity index (χ1v) is 11.3. The highest BCUT2D eigenvalue weighted by molar-refractivity contribution is 6.30. The van der Waals surface area contributed by atoms with Crippen LogP contribution in [-0.2, 0) is 11.2 Å². The Balaban J connectivity index is 1.37. The van der Waals surface area contributed by atoms with Crippen LogP contribution < -0.4 is 9.80 Å². The molecule has 1 fully saturated rings. The second-order valence-electron chi connectivity index (χ2n) is 8.09. The van der Waals surface area contributed by atoms with Crippen LogP contribution in [0.25, 0.3) is 0 Å². The molecular formula is C26H25ClN4O. The fraction of sp³-hybridized carbons (Fsp3) is 0.231. The van der Waals surface area contributed by atoms with Crippen LogP contribution in [-0.4, -0.2) is 49.0 Å². The number of carbonyl (C=O) groups is 1. The largest absolute Gasteiger partial charge is 0.368 e. The maximum atomic E-state index is 13.4. The highest BCUT2D eigenvalue weighted by Crippen LogP contribution is 2.26. The molecule has 2 heterocycles. The fourth-order valence-electron chi connectivity index (χ4n) is 4.33. The molecule has 2 aliphatic heterocycles. The molecule has 5 nitrogen and oxygen atoms in total. The molecule has 0 saturated carbocycles. The molecule has 6 heteroatoms. The molecule has 0 N–H and O–H groups in total. The number of benzene rings is 3. The first-order chi connectivity index (χ1) is 15.7. The van der Waals surface area contributed by atoms with Gasteiger partial charge in [-0.2, -0.15) is 0 Å². The Labute approximate surface area is 193 Å². The van der Waals surface area contributed by atoms with Crippen molar-refractivity contribution in [2.45, 2.75) is 12.5 Å². The van der Waals surface area contributed by atoms with Gasteiger partial charge in [0.2, 0.25) is 5.96 Å². The van der Waals surface area contributed by atoms with Gasteiger partial charge in [0.1, 0.15) is 6.04 Å². The van der Waals surface area contributed by atoms with Gasteiger partial charge in [-0.15, -0.1) is 0 Å². The first kappa shape index (κ1) is 20.6. The van der Waals surface area contributed by atoms with Crippen molar-refractivity contribution in [1.29, 1.82) is 0 Å². The lowest BCUT2D eigenvalue weighted by atomic mass is 10.1. The van der Waals surface area contributed by atoms with Crippen molar-refractivity contribution in [2.24, 2.45) is 4.99 Å². The number of nitrogens with zero attached hydrogens (tertiary/aromatic N) is 4. The second kappa shape index (κ2) is 9.05. The summed E-state index contributed by atoms with van der Waals surface area (Å²) < 4.78 is 0. The third kappa shape index (κ3) is 4.21. The minimum atomic E-state index is -0.401. The molecule has 0 aliphatic carbocycles. The third-order valence-electron chi connectivity index (χ3n) is 6.02. The summed E-state index contributed by atoms with van der Waals surface area (Å²) in [6.45, 7) is 3.33. The number of piperazine rings is 1. The number of para-hydroxylation sites is 1. The van der Waals surface area contributed by atoms with E-state index in [4.69, 9.17) is 16.6 Å². The predicted molar refractivity (Wildman–Crippen MR) is 131 cm³/mol. The van der Waals surface area contributed by atoms with Crippen molar-refractivity contribution in [3.05, 3.63) is 95.5 Å². The maximum absolute atomic E-state index is 13.4. The van der Waals surface area contributed by atoms with E-state index in [1.165, 1.54) is 5.69 Å². The summed E-state index contributed by atoms with van der Waals surface area (Å²) in [7, 11) is 0. The molecule has 162 valence electrons. The molecule has 0 bridgehead atoms. The van der Waals surface area contributed by atoms with Crippen molar-refractivity contribution in [3.63, 3.8) is 0 Å². The molecule has 5 rings (SSSR count). The molecule has 3 aromatic rings. The standard InChI is InChI=1S/C26H25ClN4O/c27-21-11-13-22(14-12-21)29-15-17-30(18-16-29)26-28-24(19-20-7-3-1-4-8-20)25(32)31(26)23-9-5-2-6-10-23/h1-14,24H,15-19H2. The van der Waals surface area contributed by atoms with Crippen LogP contribution in [0, 0.1) is 0 Å². The number of amides is 1. The lowest BCUT2D eigenvalue weighted by Gasteiger charge is -2.38. The molecule has 1 amide bonds. The summed E-state index contributed by atoms with van der Waals surface area (Å²) >= 11 is 6.04. The zero-order valence-electron chi connectivity index (χ0n) is 17.8. The van der Waals surface area contributed by atoms with Crippen LogP contribution in [0.1, 0.15) is 5.56 Å². The highest BCUT2D eigenvalue weighted by Gasteiger charge is 2.39. The zero-order chi connectivity index (χ0) is 21.9. The number of anilines is 2. The van der Waals surface area contributed by atoms with Crippen molar-refractivity contribution in [3.8, 4) is 0 Å². The van der Waals surface area contributed by atoms with Crippen molar-refractivity contribution < 1.29 is 4.79 Å². The summed E-state index contributed by atoms with van der Waals surface area (Å²) in [4.78, 5) is 24.8. The molecule has 0 spiro atoms. The molecule has 32 heavy (non-hydrogen) atoms. The predicted octanol–water partition coefficient (Wildman–Crippen LogP) is 4.48. The minimum absolute atomic E-state index is 0.0372.